The highest BCUT2D eigenvalue weighted by Gasteiger charge is 2.36. The van der Waals surface area contributed by atoms with Gasteiger partial charge in [-0.05, 0) is 0 Å². The highest BCUT2D eigenvalue weighted by Crippen LogP contribution is 2.14. The van der Waals surface area contributed by atoms with Crippen molar-refractivity contribution in [2.45, 2.75) is 11.4 Å². The van der Waals surface area contributed by atoms with Crippen molar-refractivity contribution in [3.05, 3.63) is 0 Å². The molecule has 2 N–H and O–H groups in total. The van der Waals surface area contributed by atoms with Gasteiger partial charge in [-0.15, -0.1) is 0 Å². The Labute approximate surface area is 65.5 Å². The van der Waals surface area contributed by atoms with E-state index in [-0.39, 0.29) is 6.61 Å². The zero-order valence-electron chi connectivity index (χ0n) is 6.19. The third kappa shape index (κ3) is 1.90. The summed E-state index contributed by atoms with van der Waals surface area (Å²) < 4.78 is 31.4. The summed E-state index contributed by atoms with van der Waals surface area (Å²) in [5.41, 5.74) is 0. The molecule has 1 aliphatic heterocycles. The zero-order valence-corrected chi connectivity index (χ0v) is 7.00. The second-order valence-electron chi connectivity index (χ2n) is 2.44. The lowest BCUT2D eigenvalue weighted by molar-refractivity contribution is 0.0829. The number of sulfonamides is 1. The van der Waals surface area contributed by atoms with E-state index in [9.17, 15) is 8.42 Å². The van der Waals surface area contributed by atoms with Crippen LogP contribution in [0.25, 0.3) is 0 Å². The normalized spacial score (nSPS) is 32.5. The predicted octanol–water partition coefficient (Wildman–Crippen LogP) is -1.31. The van der Waals surface area contributed by atoms with Crippen LogP contribution in [0.4, 0.5) is 0 Å². The maximum atomic E-state index is 10.8. The highest BCUT2D eigenvalue weighted by atomic mass is 32.2. The first-order valence-electron chi connectivity index (χ1n) is 3.18. The fourth-order valence-electron chi connectivity index (χ4n) is 1.04. The number of primary sulfonamides is 1. The molecule has 1 aliphatic rings. The summed E-state index contributed by atoms with van der Waals surface area (Å²) in [6.45, 7) is 0.439. The van der Waals surface area contributed by atoms with Gasteiger partial charge in [0.1, 0.15) is 11.4 Å². The van der Waals surface area contributed by atoms with Crippen LogP contribution >= 0.6 is 0 Å². The average Bonchev–Trinajstić information content (AvgIpc) is 2.31. The van der Waals surface area contributed by atoms with Gasteiger partial charge in [-0.25, -0.2) is 13.6 Å². The molecule has 0 radical (unpaired) electrons. The SMILES string of the molecule is COC1COCC1S(N)(=O)=O. The van der Waals surface area contributed by atoms with Crippen molar-refractivity contribution in [2.24, 2.45) is 5.14 Å². The third-order valence-electron chi connectivity index (χ3n) is 1.70. The number of rotatable bonds is 2. The highest BCUT2D eigenvalue weighted by molar-refractivity contribution is 7.89. The molecule has 66 valence electrons. The lowest BCUT2D eigenvalue weighted by Crippen LogP contribution is -2.38. The first-order valence-corrected chi connectivity index (χ1v) is 4.79. The van der Waals surface area contributed by atoms with E-state index in [1.807, 2.05) is 0 Å². The van der Waals surface area contributed by atoms with E-state index >= 15 is 0 Å². The Bertz CT molecular complexity index is 225. The van der Waals surface area contributed by atoms with Gasteiger partial charge in [-0.2, -0.15) is 0 Å². The van der Waals surface area contributed by atoms with Crippen molar-refractivity contribution in [2.75, 3.05) is 20.3 Å². The van der Waals surface area contributed by atoms with Gasteiger partial charge in [-0.1, -0.05) is 0 Å². The van der Waals surface area contributed by atoms with E-state index in [4.69, 9.17) is 14.6 Å². The summed E-state index contributed by atoms with van der Waals surface area (Å²) in [5.74, 6) is 0. The quantitative estimate of drug-likeness (QED) is 0.573. The molecule has 1 fully saturated rings. The van der Waals surface area contributed by atoms with Gasteiger partial charge < -0.3 is 9.47 Å². The topological polar surface area (TPSA) is 78.6 Å². The van der Waals surface area contributed by atoms with Crippen LogP contribution in [0, 0.1) is 0 Å². The van der Waals surface area contributed by atoms with Crippen molar-refractivity contribution >= 4 is 10.0 Å². The van der Waals surface area contributed by atoms with Crippen molar-refractivity contribution in [3.8, 4) is 0 Å². The van der Waals surface area contributed by atoms with Gasteiger partial charge in [0.2, 0.25) is 10.0 Å². The summed E-state index contributed by atoms with van der Waals surface area (Å²) in [6, 6.07) is 0. The smallest absolute Gasteiger partial charge is 0.216 e. The predicted molar refractivity (Wildman–Crippen MR) is 38.5 cm³/mol. The summed E-state index contributed by atoms with van der Waals surface area (Å²) in [6.07, 6.45) is -0.412. The van der Waals surface area contributed by atoms with Crippen LogP contribution in [-0.2, 0) is 19.5 Å². The van der Waals surface area contributed by atoms with Gasteiger partial charge >= 0.3 is 0 Å². The maximum Gasteiger partial charge on any atom is 0.216 e. The number of ether oxygens (including phenoxy) is 2. The number of methoxy groups -OCH3 is 1. The summed E-state index contributed by atoms with van der Waals surface area (Å²) >= 11 is 0. The van der Waals surface area contributed by atoms with Gasteiger partial charge in [0.15, 0.2) is 0 Å². The van der Waals surface area contributed by atoms with E-state index in [0.717, 1.165) is 0 Å². The molecule has 0 bridgehead atoms. The van der Waals surface area contributed by atoms with Gasteiger partial charge in [0.25, 0.3) is 0 Å². The summed E-state index contributed by atoms with van der Waals surface area (Å²) in [5, 5.41) is 4.22. The van der Waals surface area contributed by atoms with Crippen molar-refractivity contribution in [1.29, 1.82) is 0 Å². The molecule has 0 aromatic rings. The lowest BCUT2D eigenvalue weighted by Gasteiger charge is -2.12. The van der Waals surface area contributed by atoms with Crippen LogP contribution in [0.3, 0.4) is 0 Å². The minimum absolute atomic E-state index is 0.136. The van der Waals surface area contributed by atoms with E-state index in [2.05, 4.69) is 0 Å². The minimum atomic E-state index is -3.51. The van der Waals surface area contributed by atoms with E-state index in [1.165, 1.54) is 7.11 Å². The maximum absolute atomic E-state index is 10.8. The van der Waals surface area contributed by atoms with Crippen molar-refractivity contribution < 1.29 is 17.9 Å². The summed E-state index contributed by atoms with van der Waals surface area (Å²) in [7, 11) is -2.07. The Hall–Kier alpha value is -0.170. The molecule has 1 saturated heterocycles. The molecule has 0 saturated carbocycles. The first-order chi connectivity index (χ1) is 5.05. The molecular formula is C5H11NO4S. The lowest BCUT2D eigenvalue weighted by atomic mass is 10.3. The van der Waals surface area contributed by atoms with Crippen LogP contribution < -0.4 is 5.14 Å². The van der Waals surface area contributed by atoms with Crippen LogP contribution in [0.2, 0.25) is 0 Å². The zero-order chi connectivity index (χ0) is 8.48. The Morgan fingerprint density at radius 3 is 2.55 bits per heavy atom. The average molecular weight is 181 g/mol. The Morgan fingerprint density at radius 1 is 1.55 bits per heavy atom. The molecule has 0 amide bonds. The van der Waals surface area contributed by atoms with Crippen LogP contribution in [0.15, 0.2) is 0 Å². The number of nitrogens with two attached hydrogens (primary N) is 1. The molecule has 11 heavy (non-hydrogen) atoms. The Morgan fingerprint density at radius 2 is 2.18 bits per heavy atom. The van der Waals surface area contributed by atoms with Crippen molar-refractivity contribution in [1.82, 2.24) is 0 Å². The van der Waals surface area contributed by atoms with Gasteiger partial charge in [-0.3, -0.25) is 0 Å². The fourth-order valence-corrected chi connectivity index (χ4v) is 1.94. The molecule has 2 unspecified atom stereocenters. The van der Waals surface area contributed by atoms with E-state index in [0.29, 0.717) is 6.61 Å². The molecule has 2 atom stereocenters. The van der Waals surface area contributed by atoms with Crippen LogP contribution in [-0.4, -0.2) is 40.1 Å². The summed E-state index contributed by atoms with van der Waals surface area (Å²) in [4.78, 5) is 0. The van der Waals surface area contributed by atoms with Crippen molar-refractivity contribution in [3.63, 3.8) is 0 Å². The van der Waals surface area contributed by atoms with Gasteiger partial charge in [0, 0.05) is 7.11 Å². The molecule has 1 rings (SSSR count). The fraction of sp³-hybridized carbons (Fsp3) is 1.00. The number of hydrogen-bond acceptors (Lipinski definition) is 4. The second kappa shape index (κ2) is 3.06. The number of hydrogen-bond donors (Lipinski definition) is 1. The molecule has 0 aliphatic carbocycles. The molecule has 6 heteroatoms. The Kier molecular flexibility index (Phi) is 2.48. The molecule has 5 nitrogen and oxygen atoms in total. The van der Waals surface area contributed by atoms with E-state index in [1.54, 1.807) is 0 Å². The first kappa shape index (κ1) is 8.92. The molecular weight excluding hydrogens is 170 g/mol. The monoisotopic (exact) mass is 181 g/mol. The van der Waals surface area contributed by atoms with Crippen LogP contribution in [0.5, 0.6) is 0 Å². The van der Waals surface area contributed by atoms with E-state index < -0.39 is 21.4 Å². The molecule has 1 heterocycles. The minimum Gasteiger partial charge on any atom is -0.378 e. The molecule has 0 aromatic carbocycles. The Balaban J connectivity index is 2.72. The largest absolute Gasteiger partial charge is 0.378 e. The standard InChI is InChI=1S/C5H11NO4S/c1-9-4-2-10-3-5(4)11(6,7)8/h4-5H,2-3H2,1H3,(H2,6,7,8). The van der Waals surface area contributed by atoms with Crippen LogP contribution in [0.1, 0.15) is 0 Å². The molecule has 0 aromatic heterocycles. The molecule has 0 spiro atoms. The second-order valence-corrected chi connectivity index (χ2v) is 4.22. The third-order valence-corrected chi connectivity index (χ3v) is 2.99. The van der Waals surface area contributed by atoms with Gasteiger partial charge in [0.05, 0.1) is 13.2 Å².